The van der Waals surface area contributed by atoms with E-state index >= 15 is 0 Å². The normalized spacial score (nSPS) is 14.9. The zero-order valence-corrected chi connectivity index (χ0v) is 13.6. The van der Waals surface area contributed by atoms with Crippen molar-refractivity contribution >= 4 is 23.3 Å². The Balaban J connectivity index is 1.35. The van der Waals surface area contributed by atoms with Crippen molar-refractivity contribution in [1.29, 1.82) is 0 Å². The van der Waals surface area contributed by atoms with E-state index in [0.717, 1.165) is 11.1 Å². The van der Waals surface area contributed by atoms with Gasteiger partial charge in [-0.1, -0.05) is 35.5 Å². The number of benzene rings is 1. The van der Waals surface area contributed by atoms with E-state index in [2.05, 4.69) is 10.1 Å². The maximum Gasteiger partial charge on any atom is 0.246 e. The van der Waals surface area contributed by atoms with E-state index in [0.29, 0.717) is 24.8 Å². The van der Waals surface area contributed by atoms with Gasteiger partial charge < -0.3 is 9.42 Å². The third kappa shape index (κ3) is 3.00. The van der Waals surface area contributed by atoms with Gasteiger partial charge >= 0.3 is 0 Å². The van der Waals surface area contributed by atoms with Crippen molar-refractivity contribution in [1.82, 2.24) is 15.0 Å². The van der Waals surface area contributed by atoms with Crippen LogP contribution in [0.4, 0.5) is 0 Å². The molecule has 6 heteroatoms. The van der Waals surface area contributed by atoms with Crippen LogP contribution in [0.3, 0.4) is 0 Å². The number of thiophene rings is 1. The minimum atomic E-state index is 0.00711. The molecule has 1 amide bonds. The Kier molecular flexibility index (Phi) is 3.96. The van der Waals surface area contributed by atoms with Gasteiger partial charge in [-0.05, 0) is 23.1 Å². The van der Waals surface area contributed by atoms with Gasteiger partial charge in [0.25, 0.3) is 0 Å². The maximum atomic E-state index is 12.1. The molecule has 3 heterocycles. The van der Waals surface area contributed by atoms with Crippen molar-refractivity contribution in [3.05, 3.63) is 64.7 Å². The zero-order valence-electron chi connectivity index (χ0n) is 12.8. The number of aromatic nitrogens is 2. The van der Waals surface area contributed by atoms with E-state index in [-0.39, 0.29) is 11.8 Å². The van der Waals surface area contributed by atoms with Gasteiger partial charge in [-0.2, -0.15) is 16.3 Å². The molecule has 2 aromatic heterocycles. The van der Waals surface area contributed by atoms with Crippen LogP contribution in [0.25, 0.3) is 17.5 Å². The monoisotopic (exact) mass is 337 g/mol. The van der Waals surface area contributed by atoms with Crippen molar-refractivity contribution in [3.63, 3.8) is 0 Å². The third-order valence-electron chi connectivity index (χ3n) is 3.98. The molecule has 4 rings (SSSR count). The molecule has 0 bridgehead atoms. The minimum absolute atomic E-state index is 0.00711. The Morgan fingerprint density at radius 3 is 2.83 bits per heavy atom. The Bertz CT molecular complexity index is 850. The van der Waals surface area contributed by atoms with Crippen LogP contribution in [0, 0.1) is 0 Å². The molecule has 1 aromatic carbocycles. The van der Waals surface area contributed by atoms with Crippen LogP contribution in [0.1, 0.15) is 17.4 Å². The summed E-state index contributed by atoms with van der Waals surface area (Å²) in [6, 6.07) is 11.7. The Morgan fingerprint density at radius 1 is 1.25 bits per heavy atom. The van der Waals surface area contributed by atoms with E-state index in [1.807, 2.05) is 53.2 Å². The van der Waals surface area contributed by atoms with Crippen LogP contribution in [0.5, 0.6) is 0 Å². The lowest BCUT2D eigenvalue weighted by Crippen LogP contribution is -2.47. The first kappa shape index (κ1) is 14.8. The second-order valence-corrected chi connectivity index (χ2v) is 6.43. The molecule has 1 saturated heterocycles. The lowest BCUT2D eigenvalue weighted by Gasteiger charge is -2.36. The van der Waals surface area contributed by atoms with Gasteiger partial charge in [0.1, 0.15) is 0 Å². The molecular weight excluding hydrogens is 322 g/mol. The summed E-state index contributed by atoms with van der Waals surface area (Å²) in [6.07, 6.45) is 3.44. The van der Waals surface area contributed by atoms with E-state index in [4.69, 9.17) is 4.52 Å². The molecule has 1 aliphatic rings. The Labute approximate surface area is 143 Å². The minimum Gasteiger partial charge on any atom is -0.339 e. The molecule has 5 nitrogen and oxygen atoms in total. The van der Waals surface area contributed by atoms with E-state index in [1.54, 1.807) is 22.3 Å². The standard InChI is InChI=1S/C18H15N3O2S/c22-16(7-6-13-4-2-1-3-5-13)21-10-15(11-21)18-19-17(20-23-18)14-8-9-24-12-14/h1-9,12,15H,10-11H2/b7-6+. The second kappa shape index (κ2) is 6.41. The lowest BCUT2D eigenvalue weighted by atomic mass is 10.00. The van der Waals surface area contributed by atoms with E-state index in [9.17, 15) is 4.79 Å². The molecule has 0 spiro atoms. The topological polar surface area (TPSA) is 59.2 Å². The van der Waals surface area contributed by atoms with E-state index in [1.165, 1.54) is 0 Å². The molecule has 0 unspecified atom stereocenters. The number of carbonyl (C=O) groups excluding carboxylic acids is 1. The van der Waals surface area contributed by atoms with Crippen molar-refractivity contribution in [2.45, 2.75) is 5.92 Å². The van der Waals surface area contributed by atoms with Crippen LogP contribution in [0.2, 0.25) is 0 Å². The second-order valence-electron chi connectivity index (χ2n) is 5.65. The lowest BCUT2D eigenvalue weighted by molar-refractivity contribution is -0.130. The van der Waals surface area contributed by atoms with Crippen LogP contribution in [-0.2, 0) is 4.79 Å². The van der Waals surface area contributed by atoms with Crippen LogP contribution in [-0.4, -0.2) is 34.0 Å². The Hall–Kier alpha value is -2.73. The molecule has 0 atom stereocenters. The predicted octanol–water partition coefficient (Wildman–Crippen LogP) is 3.44. The summed E-state index contributed by atoms with van der Waals surface area (Å²) in [6.45, 7) is 1.23. The first-order valence-corrected chi connectivity index (χ1v) is 8.62. The van der Waals surface area contributed by atoms with Crippen molar-refractivity contribution < 1.29 is 9.32 Å². The molecular formula is C18H15N3O2S. The summed E-state index contributed by atoms with van der Waals surface area (Å²) < 4.78 is 5.34. The number of carbonyl (C=O) groups is 1. The van der Waals surface area contributed by atoms with E-state index < -0.39 is 0 Å². The highest BCUT2D eigenvalue weighted by Crippen LogP contribution is 2.28. The number of amides is 1. The van der Waals surface area contributed by atoms with Gasteiger partial charge in [0.15, 0.2) is 0 Å². The van der Waals surface area contributed by atoms with Gasteiger partial charge in [0, 0.05) is 30.1 Å². The molecule has 24 heavy (non-hydrogen) atoms. The van der Waals surface area contributed by atoms with Gasteiger partial charge in [0.05, 0.1) is 5.92 Å². The molecule has 1 fully saturated rings. The summed E-state index contributed by atoms with van der Waals surface area (Å²) in [5.41, 5.74) is 1.98. The quantitative estimate of drug-likeness (QED) is 0.684. The van der Waals surface area contributed by atoms with Gasteiger partial charge in [0.2, 0.25) is 17.6 Å². The fourth-order valence-electron chi connectivity index (χ4n) is 2.56. The average molecular weight is 337 g/mol. The van der Waals surface area contributed by atoms with Gasteiger partial charge in [-0.3, -0.25) is 4.79 Å². The largest absolute Gasteiger partial charge is 0.339 e. The highest BCUT2D eigenvalue weighted by Gasteiger charge is 2.34. The summed E-state index contributed by atoms with van der Waals surface area (Å²) in [7, 11) is 0. The fraction of sp³-hybridized carbons (Fsp3) is 0.167. The van der Waals surface area contributed by atoms with Gasteiger partial charge in [-0.15, -0.1) is 0 Å². The summed E-state index contributed by atoms with van der Waals surface area (Å²) >= 11 is 1.60. The van der Waals surface area contributed by atoms with Crippen LogP contribution < -0.4 is 0 Å². The molecule has 3 aromatic rings. The molecule has 0 aliphatic carbocycles. The number of nitrogens with zero attached hydrogens (tertiary/aromatic N) is 3. The SMILES string of the molecule is O=C(/C=C/c1ccccc1)N1CC(c2nc(-c3ccsc3)no2)C1. The third-order valence-corrected chi connectivity index (χ3v) is 4.66. The molecule has 1 aliphatic heterocycles. The molecule has 120 valence electrons. The maximum absolute atomic E-state index is 12.1. The first-order chi connectivity index (χ1) is 11.8. The number of hydrogen-bond donors (Lipinski definition) is 0. The predicted molar refractivity (Wildman–Crippen MR) is 92.4 cm³/mol. The molecule has 0 saturated carbocycles. The van der Waals surface area contributed by atoms with Crippen LogP contribution in [0.15, 0.2) is 57.8 Å². The van der Waals surface area contributed by atoms with Crippen molar-refractivity contribution in [2.75, 3.05) is 13.1 Å². The summed E-state index contributed by atoms with van der Waals surface area (Å²) in [5.74, 6) is 1.35. The molecule has 0 N–H and O–H groups in total. The van der Waals surface area contributed by atoms with Crippen molar-refractivity contribution in [3.8, 4) is 11.4 Å². The highest BCUT2D eigenvalue weighted by atomic mass is 32.1. The Morgan fingerprint density at radius 2 is 2.08 bits per heavy atom. The van der Waals surface area contributed by atoms with Gasteiger partial charge in [-0.25, -0.2) is 0 Å². The van der Waals surface area contributed by atoms with Crippen molar-refractivity contribution in [2.24, 2.45) is 0 Å². The zero-order chi connectivity index (χ0) is 16.4. The van der Waals surface area contributed by atoms with Crippen LogP contribution >= 0.6 is 11.3 Å². The number of rotatable bonds is 4. The highest BCUT2D eigenvalue weighted by molar-refractivity contribution is 7.08. The summed E-state index contributed by atoms with van der Waals surface area (Å²) in [5, 5.41) is 7.98. The number of hydrogen-bond acceptors (Lipinski definition) is 5. The smallest absolute Gasteiger partial charge is 0.246 e. The average Bonchev–Trinajstić information content (AvgIpc) is 3.24. The number of likely N-dealkylation sites (tertiary alicyclic amines) is 1. The summed E-state index contributed by atoms with van der Waals surface area (Å²) in [4.78, 5) is 18.4. The molecule has 0 radical (unpaired) electrons. The fourth-order valence-corrected chi connectivity index (χ4v) is 3.20. The first-order valence-electron chi connectivity index (χ1n) is 7.68.